The normalized spacial score (nSPS) is 11.5. The maximum Gasteiger partial charge on any atom is 0.144 e. The summed E-state index contributed by atoms with van der Waals surface area (Å²) in [5.41, 5.74) is 3.36. The number of hydrogen-bond acceptors (Lipinski definition) is 2. The molecule has 3 heteroatoms. The van der Waals surface area contributed by atoms with Crippen LogP contribution in [0.3, 0.4) is 0 Å². The van der Waals surface area contributed by atoms with Crippen LogP contribution < -0.4 is 0 Å². The van der Waals surface area contributed by atoms with Crippen LogP contribution in [0.25, 0.3) is 11.0 Å². The molecule has 0 radical (unpaired) electrons. The zero-order chi connectivity index (χ0) is 10.3. The summed E-state index contributed by atoms with van der Waals surface area (Å²) in [5.74, 6) is 0. The van der Waals surface area contributed by atoms with Gasteiger partial charge in [-0.3, -0.25) is 0 Å². The molecule has 0 spiro atoms. The Morgan fingerprint density at radius 3 is 2.57 bits per heavy atom. The van der Waals surface area contributed by atoms with Gasteiger partial charge in [-0.15, -0.1) is 0 Å². The minimum Gasteiger partial charge on any atom is -0.330 e. The smallest absolute Gasteiger partial charge is 0.144 e. The van der Waals surface area contributed by atoms with Gasteiger partial charge in [-0.1, -0.05) is 0 Å². The van der Waals surface area contributed by atoms with Crippen LogP contribution in [0.15, 0.2) is 12.5 Å². The standard InChI is InChI=1S/C11H15N3/c1-7(2)14-5-8(3)10-9(4)12-6-13-11(10)14/h5-7H,1-4H3. The second-order valence-corrected chi connectivity index (χ2v) is 3.97. The zero-order valence-electron chi connectivity index (χ0n) is 9.07. The van der Waals surface area contributed by atoms with Crippen molar-refractivity contribution < 1.29 is 0 Å². The van der Waals surface area contributed by atoms with E-state index in [-0.39, 0.29) is 0 Å². The van der Waals surface area contributed by atoms with Crippen molar-refractivity contribution in [2.24, 2.45) is 0 Å². The van der Waals surface area contributed by atoms with Crippen molar-refractivity contribution in [3.8, 4) is 0 Å². The van der Waals surface area contributed by atoms with Crippen LogP contribution in [0.2, 0.25) is 0 Å². The molecule has 3 nitrogen and oxygen atoms in total. The highest BCUT2D eigenvalue weighted by molar-refractivity contribution is 5.82. The maximum atomic E-state index is 4.34. The molecule has 14 heavy (non-hydrogen) atoms. The molecule has 0 N–H and O–H groups in total. The van der Waals surface area contributed by atoms with Gasteiger partial charge < -0.3 is 4.57 Å². The second kappa shape index (κ2) is 3.08. The van der Waals surface area contributed by atoms with Crippen LogP contribution in [-0.2, 0) is 0 Å². The molecule has 0 aromatic carbocycles. The van der Waals surface area contributed by atoms with Gasteiger partial charge >= 0.3 is 0 Å². The number of fused-ring (bicyclic) bond motifs is 1. The van der Waals surface area contributed by atoms with Gasteiger partial charge in [0.15, 0.2) is 0 Å². The molecule has 0 unspecified atom stereocenters. The first-order chi connectivity index (χ1) is 6.61. The van der Waals surface area contributed by atoms with Crippen molar-refractivity contribution in [3.05, 3.63) is 23.8 Å². The molecule has 0 aliphatic heterocycles. The lowest BCUT2D eigenvalue weighted by Gasteiger charge is -2.07. The molecule has 74 valence electrons. The molecular weight excluding hydrogens is 174 g/mol. The van der Waals surface area contributed by atoms with Gasteiger partial charge in [0.1, 0.15) is 12.0 Å². The van der Waals surface area contributed by atoms with Gasteiger partial charge in [0.05, 0.1) is 5.69 Å². The van der Waals surface area contributed by atoms with Crippen LogP contribution in [0.5, 0.6) is 0 Å². The third kappa shape index (κ3) is 1.20. The predicted molar refractivity (Wildman–Crippen MR) is 57.4 cm³/mol. The lowest BCUT2D eigenvalue weighted by Crippen LogP contribution is -2.00. The molecule has 0 atom stereocenters. The van der Waals surface area contributed by atoms with E-state index in [1.165, 1.54) is 10.9 Å². The summed E-state index contributed by atoms with van der Waals surface area (Å²) in [6.07, 6.45) is 3.78. The number of aromatic nitrogens is 3. The van der Waals surface area contributed by atoms with Gasteiger partial charge in [-0.2, -0.15) is 0 Å². The molecule has 2 heterocycles. The fourth-order valence-corrected chi connectivity index (χ4v) is 1.85. The first-order valence-electron chi connectivity index (χ1n) is 4.90. The van der Waals surface area contributed by atoms with Crippen molar-refractivity contribution >= 4 is 11.0 Å². The van der Waals surface area contributed by atoms with Crippen LogP contribution in [0.1, 0.15) is 31.1 Å². The first kappa shape index (κ1) is 9.19. The van der Waals surface area contributed by atoms with Crippen LogP contribution >= 0.6 is 0 Å². The molecular formula is C11H15N3. The molecule has 0 aliphatic carbocycles. The molecule has 2 rings (SSSR count). The minimum atomic E-state index is 0.445. The van der Waals surface area contributed by atoms with Crippen molar-refractivity contribution in [2.75, 3.05) is 0 Å². The van der Waals surface area contributed by atoms with Gasteiger partial charge in [0.25, 0.3) is 0 Å². The van der Waals surface area contributed by atoms with Gasteiger partial charge in [0, 0.05) is 17.6 Å². The maximum absolute atomic E-state index is 4.34. The molecule has 0 aliphatic rings. The molecule has 0 bridgehead atoms. The fraction of sp³-hybridized carbons (Fsp3) is 0.455. The van der Waals surface area contributed by atoms with E-state index >= 15 is 0 Å². The Hall–Kier alpha value is -1.38. The summed E-state index contributed by atoms with van der Waals surface area (Å²) < 4.78 is 2.19. The van der Waals surface area contributed by atoms with E-state index in [0.29, 0.717) is 6.04 Å². The molecule has 2 aromatic heterocycles. The summed E-state index contributed by atoms with van der Waals surface area (Å²) in [5, 5.41) is 1.20. The van der Waals surface area contributed by atoms with Crippen molar-refractivity contribution in [3.63, 3.8) is 0 Å². The van der Waals surface area contributed by atoms with Crippen molar-refractivity contribution in [2.45, 2.75) is 33.7 Å². The van der Waals surface area contributed by atoms with Gasteiger partial charge in [-0.05, 0) is 33.3 Å². The van der Waals surface area contributed by atoms with E-state index < -0.39 is 0 Å². The minimum absolute atomic E-state index is 0.445. The van der Waals surface area contributed by atoms with E-state index in [1.807, 2.05) is 6.92 Å². The van der Waals surface area contributed by atoms with Gasteiger partial charge in [0.2, 0.25) is 0 Å². The monoisotopic (exact) mass is 189 g/mol. The topological polar surface area (TPSA) is 30.7 Å². The molecule has 0 fully saturated rings. The highest BCUT2D eigenvalue weighted by atomic mass is 15.1. The molecule has 2 aromatic rings. The summed E-state index contributed by atoms with van der Waals surface area (Å²) in [4.78, 5) is 8.55. The van der Waals surface area contributed by atoms with E-state index in [9.17, 15) is 0 Å². The summed E-state index contributed by atoms with van der Waals surface area (Å²) in [6, 6.07) is 0.445. The first-order valence-corrected chi connectivity index (χ1v) is 4.90. The zero-order valence-corrected chi connectivity index (χ0v) is 9.07. The quantitative estimate of drug-likeness (QED) is 0.690. The number of aryl methyl sites for hydroxylation is 2. The number of nitrogens with zero attached hydrogens (tertiary/aromatic N) is 3. The van der Waals surface area contributed by atoms with Crippen LogP contribution in [-0.4, -0.2) is 14.5 Å². The lowest BCUT2D eigenvalue weighted by atomic mass is 10.2. The summed E-state index contributed by atoms with van der Waals surface area (Å²) in [6.45, 7) is 8.46. The van der Waals surface area contributed by atoms with Crippen molar-refractivity contribution in [1.29, 1.82) is 0 Å². The molecule has 0 saturated heterocycles. The van der Waals surface area contributed by atoms with E-state index in [1.54, 1.807) is 6.33 Å². The van der Waals surface area contributed by atoms with E-state index in [0.717, 1.165) is 11.3 Å². The third-order valence-corrected chi connectivity index (χ3v) is 2.54. The van der Waals surface area contributed by atoms with E-state index in [2.05, 4.69) is 41.5 Å². The summed E-state index contributed by atoms with van der Waals surface area (Å²) in [7, 11) is 0. The Morgan fingerprint density at radius 1 is 1.21 bits per heavy atom. The van der Waals surface area contributed by atoms with Crippen LogP contribution in [0.4, 0.5) is 0 Å². The Morgan fingerprint density at radius 2 is 1.93 bits per heavy atom. The predicted octanol–water partition coefficient (Wildman–Crippen LogP) is 2.63. The fourth-order valence-electron chi connectivity index (χ4n) is 1.85. The number of rotatable bonds is 1. The average molecular weight is 189 g/mol. The van der Waals surface area contributed by atoms with E-state index in [4.69, 9.17) is 0 Å². The SMILES string of the molecule is Cc1cn(C(C)C)c2ncnc(C)c12. The molecule has 0 saturated carbocycles. The summed E-state index contributed by atoms with van der Waals surface area (Å²) >= 11 is 0. The highest BCUT2D eigenvalue weighted by Crippen LogP contribution is 2.23. The van der Waals surface area contributed by atoms with Crippen LogP contribution in [0, 0.1) is 13.8 Å². The van der Waals surface area contributed by atoms with Gasteiger partial charge in [-0.25, -0.2) is 9.97 Å². The largest absolute Gasteiger partial charge is 0.330 e. The average Bonchev–Trinajstić information content (AvgIpc) is 2.45. The Kier molecular flexibility index (Phi) is 2.02. The van der Waals surface area contributed by atoms with Crippen molar-refractivity contribution in [1.82, 2.24) is 14.5 Å². The second-order valence-electron chi connectivity index (χ2n) is 3.97. The third-order valence-electron chi connectivity index (χ3n) is 2.54. The Balaban J connectivity index is 2.84. The lowest BCUT2D eigenvalue weighted by molar-refractivity contribution is 0.616. The highest BCUT2D eigenvalue weighted by Gasteiger charge is 2.10. The Labute approximate surface area is 83.8 Å². The number of hydrogen-bond donors (Lipinski definition) is 0. The molecule has 0 amide bonds. The Bertz CT molecular complexity index is 469.